The van der Waals surface area contributed by atoms with Crippen LogP contribution in [0.4, 0.5) is 0 Å². The number of fused-ring (bicyclic) bond motifs is 2. The summed E-state index contributed by atoms with van der Waals surface area (Å²) in [6.07, 6.45) is 4.16. The average molecular weight is 374 g/mol. The maximum Gasteiger partial charge on any atom is 0.0473 e. The lowest BCUT2D eigenvalue weighted by Crippen LogP contribution is -2.39. The zero-order chi connectivity index (χ0) is 12.7. The van der Waals surface area contributed by atoms with Gasteiger partial charge in [0, 0.05) is 34.1 Å². The van der Waals surface area contributed by atoms with Crippen LogP contribution in [0.25, 0.3) is 0 Å². The van der Waals surface area contributed by atoms with Gasteiger partial charge in [-0.05, 0) is 74.7 Å². The molecule has 0 spiro atoms. The van der Waals surface area contributed by atoms with E-state index in [0.717, 1.165) is 20.9 Å². The molecule has 98 valence electrons. The molecule has 2 bridgehead atoms. The lowest BCUT2D eigenvalue weighted by Gasteiger charge is -2.34. The third-order valence-corrected chi connectivity index (χ3v) is 6.28. The molecule has 2 N–H and O–H groups in total. The average Bonchev–Trinajstić information content (AvgIpc) is 2.97. The Morgan fingerprint density at radius 2 is 2.11 bits per heavy atom. The van der Waals surface area contributed by atoms with Crippen molar-refractivity contribution < 1.29 is 0 Å². The van der Waals surface area contributed by atoms with Crippen LogP contribution in [0, 0.1) is 5.92 Å². The SMILES string of the molecule is NCC(c1ccc(Br)c(Br)c1)N1CC2CCC1C2. The molecule has 3 atom stereocenters. The second-order valence-electron chi connectivity index (χ2n) is 5.45. The molecule has 1 aromatic rings. The normalized spacial score (nSPS) is 28.8. The van der Waals surface area contributed by atoms with Crippen LogP contribution in [0.1, 0.15) is 30.9 Å². The van der Waals surface area contributed by atoms with E-state index in [4.69, 9.17) is 5.73 Å². The molecule has 2 fully saturated rings. The van der Waals surface area contributed by atoms with Crippen molar-refractivity contribution in [2.24, 2.45) is 11.7 Å². The monoisotopic (exact) mass is 372 g/mol. The third kappa shape index (κ3) is 2.28. The van der Waals surface area contributed by atoms with Crippen molar-refractivity contribution in [2.75, 3.05) is 13.1 Å². The molecular formula is C14H18Br2N2. The van der Waals surface area contributed by atoms with Crippen molar-refractivity contribution in [3.05, 3.63) is 32.7 Å². The molecule has 1 aliphatic heterocycles. The van der Waals surface area contributed by atoms with Crippen molar-refractivity contribution >= 4 is 31.9 Å². The van der Waals surface area contributed by atoms with Crippen molar-refractivity contribution in [3.8, 4) is 0 Å². The summed E-state index contributed by atoms with van der Waals surface area (Å²) < 4.78 is 2.22. The van der Waals surface area contributed by atoms with Crippen LogP contribution >= 0.6 is 31.9 Å². The molecule has 1 saturated heterocycles. The number of hydrogen-bond acceptors (Lipinski definition) is 2. The summed E-state index contributed by atoms with van der Waals surface area (Å²) in [4.78, 5) is 2.63. The number of rotatable bonds is 3. The Kier molecular flexibility index (Phi) is 3.81. The Bertz CT molecular complexity index is 449. The summed E-state index contributed by atoms with van der Waals surface area (Å²) in [7, 11) is 0. The highest BCUT2D eigenvalue weighted by Crippen LogP contribution is 2.42. The van der Waals surface area contributed by atoms with E-state index < -0.39 is 0 Å². The number of benzene rings is 1. The number of halogens is 2. The molecule has 18 heavy (non-hydrogen) atoms. The van der Waals surface area contributed by atoms with E-state index in [9.17, 15) is 0 Å². The van der Waals surface area contributed by atoms with Gasteiger partial charge in [0.25, 0.3) is 0 Å². The van der Waals surface area contributed by atoms with Gasteiger partial charge in [0.15, 0.2) is 0 Å². The smallest absolute Gasteiger partial charge is 0.0473 e. The zero-order valence-electron chi connectivity index (χ0n) is 10.3. The maximum absolute atomic E-state index is 6.04. The fourth-order valence-electron chi connectivity index (χ4n) is 3.53. The van der Waals surface area contributed by atoms with Crippen molar-refractivity contribution in [1.29, 1.82) is 0 Å². The number of nitrogens with two attached hydrogens (primary N) is 1. The van der Waals surface area contributed by atoms with Gasteiger partial charge in [-0.2, -0.15) is 0 Å². The van der Waals surface area contributed by atoms with Gasteiger partial charge < -0.3 is 5.73 Å². The molecule has 1 aliphatic carbocycles. The predicted molar refractivity (Wildman–Crippen MR) is 81.5 cm³/mol. The molecule has 3 unspecified atom stereocenters. The minimum atomic E-state index is 0.379. The van der Waals surface area contributed by atoms with E-state index in [-0.39, 0.29) is 0 Å². The third-order valence-electron chi connectivity index (χ3n) is 4.40. The highest BCUT2D eigenvalue weighted by atomic mass is 79.9. The first-order chi connectivity index (χ1) is 8.69. The van der Waals surface area contributed by atoms with E-state index >= 15 is 0 Å². The molecule has 0 radical (unpaired) electrons. The van der Waals surface area contributed by atoms with Gasteiger partial charge in [0.1, 0.15) is 0 Å². The first-order valence-corrected chi connectivity index (χ1v) is 8.18. The van der Waals surface area contributed by atoms with E-state index in [0.29, 0.717) is 12.6 Å². The maximum atomic E-state index is 6.04. The molecule has 0 amide bonds. The highest BCUT2D eigenvalue weighted by Gasteiger charge is 2.40. The lowest BCUT2D eigenvalue weighted by atomic mass is 10.0. The summed E-state index contributed by atoms with van der Waals surface area (Å²) in [5, 5.41) is 0. The second kappa shape index (κ2) is 5.23. The van der Waals surface area contributed by atoms with Crippen LogP contribution in [-0.4, -0.2) is 24.0 Å². The Balaban J connectivity index is 1.85. The van der Waals surface area contributed by atoms with Crippen LogP contribution in [-0.2, 0) is 0 Å². The number of likely N-dealkylation sites (tertiary alicyclic amines) is 1. The Morgan fingerprint density at radius 1 is 1.28 bits per heavy atom. The Morgan fingerprint density at radius 3 is 2.67 bits per heavy atom. The van der Waals surface area contributed by atoms with Crippen LogP contribution in [0.2, 0.25) is 0 Å². The molecule has 4 heteroatoms. The molecule has 2 nitrogen and oxygen atoms in total. The van der Waals surface area contributed by atoms with Crippen molar-refractivity contribution in [3.63, 3.8) is 0 Å². The first kappa shape index (κ1) is 13.1. The molecule has 1 aromatic carbocycles. The van der Waals surface area contributed by atoms with Gasteiger partial charge in [0.2, 0.25) is 0 Å². The van der Waals surface area contributed by atoms with E-state index in [1.54, 1.807) is 0 Å². The lowest BCUT2D eigenvalue weighted by molar-refractivity contribution is 0.153. The largest absolute Gasteiger partial charge is 0.329 e. The number of nitrogens with zero attached hydrogens (tertiary/aromatic N) is 1. The van der Waals surface area contributed by atoms with E-state index in [2.05, 4.69) is 55.0 Å². The number of hydrogen-bond donors (Lipinski definition) is 1. The fourth-order valence-corrected chi connectivity index (χ4v) is 4.17. The highest BCUT2D eigenvalue weighted by molar-refractivity contribution is 9.13. The molecule has 0 aromatic heterocycles. The number of piperidine rings is 1. The van der Waals surface area contributed by atoms with Gasteiger partial charge in [0.05, 0.1) is 0 Å². The predicted octanol–water partition coefficient (Wildman–Crippen LogP) is 3.70. The summed E-state index contributed by atoms with van der Waals surface area (Å²) in [5.74, 6) is 0.919. The van der Waals surface area contributed by atoms with Gasteiger partial charge >= 0.3 is 0 Å². The van der Waals surface area contributed by atoms with E-state index in [1.165, 1.54) is 31.4 Å². The van der Waals surface area contributed by atoms with Crippen LogP contribution in [0.3, 0.4) is 0 Å². The summed E-state index contributed by atoms with van der Waals surface area (Å²) in [6, 6.07) is 7.65. The van der Waals surface area contributed by atoms with Crippen molar-refractivity contribution in [1.82, 2.24) is 4.90 Å². The minimum Gasteiger partial charge on any atom is -0.329 e. The van der Waals surface area contributed by atoms with Gasteiger partial charge in [-0.3, -0.25) is 4.90 Å². The van der Waals surface area contributed by atoms with Gasteiger partial charge in [-0.15, -0.1) is 0 Å². The Labute approximate surface area is 125 Å². The van der Waals surface area contributed by atoms with E-state index in [1.807, 2.05) is 0 Å². The van der Waals surface area contributed by atoms with Crippen LogP contribution in [0.15, 0.2) is 27.1 Å². The van der Waals surface area contributed by atoms with Crippen LogP contribution < -0.4 is 5.73 Å². The topological polar surface area (TPSA) is 29.3 Å². The standard InChI is InChI=1S/C14H18Br2N2/c15-12-4-2-10(6-13(12)16)14(7-17)18-8-9-1-3-11(18)5-9/h2,4,6,9,11,14H,1,3,5,7-8,17H2. The van der Waals surface area contributed by atoms with Crippen molar-refractivity contribution in [2.45, 2.75) is 31.3 Å². The molecule has 2 aliphatic rings. The molecule has 1 heterocycles. The minimum absolute atomic E-state index is 0.379. The summed E-state index contributed by atoms with van der Waals surface area (Å²) >= 11 is 7.11. The fraction of sp³-hybridized carbons (Fsp3) is 0.571. The molecule has 1 saturated carbocycles. The molecule has 3 rings (SSSR count). The van der Waals surface area contributed by atoms with Gasteiger partial charge in [-0.1, -0.05) is 6.07 Å². The zero-order valence-corrected chi connectivity index (χ0v) is 13.5. The summed E-state index contributed by atoms with van der Waals surface area (Å²) in [6.45, 7) is 1.94. The Hall–Kier alpha value is 0.1000. The quantitative estimate of drug-likeness (QED) is 0.875. The molecular weight excluding hydrogens is 356 g/mol. The second-order valence-corrected chi connectivity index (χ2v) is 7.16. The van der Waals surface area contributed by atoms with Crippen LogP contribution in [0.5, 0.6) is 0 Å². The summed E-state index contributed by atoms with van der Waals surface area (Å²) in [5.41, 5.74) is 7.37. The first-order valence-electron chi connectivity index (χ1n) is 6.60. The van der Waals surface area contributed by atoms with Gasteiger partial charge in [-0.25, -0.2) is 0 Å².